The fraction of sp³-hybridized carbons (Fsp3) is 0.500. The molecule has 1 aliphatic rings. The zero-order valence-corrected chi connectivity index (χ0v) is 10.6. The minimum Gasteiger partial charge on any atom is -0.388 e. The maximum atomic E-state index is 10.9. The second kappa shape index (κ2) is 5.98. The van der Waals surface area contributed by atoms with Crippen molar-refractivity contribution < 1.29 is 9.90 Å². The van der Waals surface area contributed by atoms with Crippen LogP contribution in [0.2, 0.25) is 0 Å². The molecule has 1 aliphatic heterocycles. The topological polar surface area (TPSA) is 61.4 Å². The van der Waals surface area contributed by atoms with Crippen molar-refractivity contribution in [1.29, 1.82) is 0 Å². The highest BCUT2D eigenvalue weighted by Crippen LogP contribution is 2.29. The fourth-order valence-electron chi connectivity index (χ4n) is 2.40. The lowest BCUT2D eigenvalue weighted by Gasteiger charge is -2.27. The Balaban J connectivity index is 2.01. The molecule has 1 saturated heterocycles. The second-order valence-electron chi connectivity index (χ2n) is 4.84. The standard InChI is InChI=1S/C14H20N2O2/c1-10(17)16-13-4-2-11(3-5-13)14(18)12-6-8-15-9-7-12/h2-5,12,14-15,18H,6-9H2,1H3,(H,16,17). The molecule has 18 heavy (non-hydrogen) atoms. The van der Waals surface area contributed by atoms with Crippen LogP contribution in [0, 0.1) is 5.92 Å². The summed E-state index contributed by atoms with van der Waals surface area (Å²) in [6, 6.07) is 7.44. The van der Waals surface area contributed by atoms with Crippen LogP contribution >= 0.6 is 0 Å². The molecule has 1 aromatic carbocycles. The summed E-state index contributed by atoms with van der Waals surface area (Å²) in [5, 5.41) is 16.3. The van der Waals surface area contributed by atoms with E-state index in [2.05, 4.69) is 10.6 Å². The molecular weight excluding hydrogens is 228 g/mol. The SMILES string of the molecule is CC(=O)Nc1ccc(C(O)C2CCNCC2)cc1. The first-order valence-corrected chi connectivity index (χ1v) is 6.43. The van der Waals surface area contributed by atoms with Crippen molar-refractivity contribution in [2.75, 3.05) is 18.4 Å². The third-order valence-electron chi connectivity index (χ3n) is 3.40. The number of carbonyl (C=O) groups is 1. The number of hydrogen-bond acceptors (Lipinski definition) is 3. The zero-order chi connectivity index (χ0) is 13.0. The molecule has 1 amide bonds. The molecule has 0 saturated carbocycles. The van der Waals surface area contributed by atoms with Crippen molar-refractivity contribution in [3.63, 3.8) is 0 Å². The second-order valence-corrected chi connectivity index (χ2v) is 4.84. The van der Waals surface area contributed by atoms with E-state index >= 15 is 0 Å². The molecule has 98 valence electrons. The summed E-state index contributed by atoms with van der Waals surface area (Å²) in [5.74, 6) is 0.250. The van der Waals surface area contributed by atoms with Crippen LogP contribution in [0.4, 0.5) is 5.69 Å². The normalized spacial score (nSPS) is 18.3. The van der Waals surface area contributed by atoms with Crippen LogP contribution in [0.5, 0.6) is 0 Å². The Kier molecular flexibility index (Phi) is 4.33. The van der Waals surface area contributed by atoms with Crippen LogP contribution in [-0.2, 0) is 4.79 Å². The number of amides is 1. The lowest BCUT2D eigenvalue weighted by atomic mass is 9.88. The van der Waals surface area contributed by atoms with Gasteiger partial charge in [0.05, 0.1) is 6.10 Å². The predicted octanol–water partition coefficient (Wildman–Crippen LogP) is 1.68. The van der Waals surface area contributed by atoms with Gasteiger partial charge in [0.2, 0.25) is 5.91 Å². The molecule has 0 radical (unpaired) electrons. The maximum Gasteiger partial charge on any atom is 0.221 e. The minimum absolute atomic E-state index is 0.0818. The third kappa shape index (κ3) is 3.31. The lowest BCUT2D eigenvalue weighted by Crippen LogP contribution is -2.30. The van der Waals surface area contributed by atoms with Gasteiger partial charge in [0.1, 0.15) is 0 Å². The van der Waals surface area contributed by atoms with E-state index < -0.39 is 6.10 Å². The van der Waals surface area contributed by atoms with E-state index in [0.717, 1.165) is 37.2 Å². The first kappa shape index (κ1) is 13.1. The fourth-order valence-corrected chi connectivity index (χ4v) is 2.40. The molecule has 0 bridgehead atoms. The molecule has 3 N–H and O–H groups in total. The Labute approximate surface area is 107 Å². The van der Waals surface area contributed by atoms with Crippen LogP contribution in [0.25, 0.3) is 0 Å². The average Bonchev–Trinajstić information content (AvgIpc) is 2.39. The van der Waals surface area contributed by atoms with Crippen molar-refractivity contribution in [1.82, 2.24) is 5.32 Å². The van der Waals surface area contributed by atoms with Crippen molar-refractivity contribution >= 4 is 11.6 Å². The summed E-state index contributed by atoms with van der Waals surface area (Å²) in [6.07, 6.45) is 1.61. The van der Waals surface area contributed by atoms with Gasteiger partial charge in [0.25, 0.3) is 0 Å². The van der Waals surface area contributed by atoms with Crippen molar-refractivity contribution in [3.05, 3.63) is 29.8 Å². The van der Waals surface area contributed by atoms with E-state index in [0.29, 0.717) is 5.92 Å². The Morgan fingerprint density at radius 1 is 1.33 bits per heavy atom. The summed E-state index contributed by atoms with van der Waals surface area (Å²) in [5.41, 5.74) is 1.69. The van der Waals surface area contributed by atoms with E-state index in [1.807, 2.05) is 24.3 Å². The number of benzene rings is 1. The largest absolute Gasteiger partial charge is 0.388 e. The quantitative estimate of drug-likeness (QED) is 0.762. The molecule has 0 spiro atoms. The van der Waals surface area contributed by atoms with Crippen LogP contribution in [-0.4, -0.2) is 24.1 Å². The van der Waals surface area contributed by atoms with Gasteiger partial charge in [-0.15, -0.1) is 0 Å². The van der Waals surface area contributed by atoms with E-state index in [1.165, 1.54) is 6.92 Å². The average molecular weight is 248 g/mol. The minimum atomic E-state index is -0.404. The molecule has 0 aliphatic carbocycles. The van der Waals surface area contributed by atoms with Crippen molar-refractivity contribution in [3.8, 4) is 0 Å². The number of aliphatic hydroxyl groups is 1. The number of carbonyl (C=O) groups excluding carboxylic acids is 1. The van der Waals surface area contributed by atoms with Gasteiger partial charge in [-0.2, -0.15) is 0 Å². The van der Waals surface area contributed by atoms with Gasteiger partial charge >= 0.3 is 0 Å². The van der Waals surface area contributed by atoms with Crippen LogP contribution in [0.3, 0.4) is 0 Å². The predicted molar refractivity (Wildman–Crippen MR) is 71.3 cm³/mol. The van der Waals surface area contributed by atoms with E-state index in [4.69, 9.17) is 0 Å². The molecular formula is C14H20N2O2. The van der Waals surface area contributed by atoms with Gasteiger partial charge in [-0.3, -0.25) is 4.79 Å². The Morgan fingerprint density at radius 3 is 2.50 bits per heavy atom. The molecule has 1 aromatic rings. The van der Waals surface area contributed by atoms with Gasteiger partial charge in [-0.25, -0.2) is 0 Å². The molecule has 1 atom stereocenters. The Hall–Kier alpha value is -1.39. The molecule has 4 heteroatoms. The smallest absolute Gasteiger partial charge is 0.221 e. The third-order valence-corrected chi connectivity index (χ3v) is 3.40. The lowest BCUT2D eigenvalue weighted by molar-refractivity contribution is -0.114. The number of hydrogen-bond donors (Lipinski definition) is 3. The van der Waals surface area contributed by atoms with Crippen LogP contribution in [0.1, 0.15) is 31.4 Å². The highest BCUT2D eigenvalue weighted by atomic mass is 16.3. The molecule has 0 aromatic heterocycles. The van der Waals surface area contributed by atoms with E-state index in [-0.39, 0.29) is 5.91 Å². The highest BCUT2D eigenvalue weighted by molar-refractivity contribution is 5.88. The van der Waals surface area contributed by atoms with Crippen molar-refractivity contribution in [2.45, 2.75) is 25.9 Å². The van der Waals surface area contributed by atoms with Crippen molar-refractivity contribution in [2.24, 2.45) is 5.92 Å². The highest BCUT2D eigenvalue weighted by Gasteiger charge is 2.22. The molecule has 1 unspecified atom stereocenters. The number of aliphatic hydroxyl groups excluding tert-OH is 1. The maximum absolute atomic E-state index is 10.9. The summed E-state index contributed by atoms with van der Waals surface area (Å²) >= 11 is 0. The van der Waals surface area contributed by atoms with E-state index in [1.54, 1.807) is 0 Å². The first-order valence-electron chi connectivity index (χ1n) is 6.43. The van der Waals surface area contributed by atoms with Crippen LogP contribution in [0.15, 0.2) is 24.3 Å². The molecule has 4 nitrogen and oxygen atoms in total. The van der Waals surface area contributed by atoms with Gasteiger partial charge in [0, 0.05) is 12.6 Å². The Morgan fingerprint density at radius 2 is 1.94 bits per heavy atom. The van der Waals surface area contributed by atoms with Gasteiger partial charge in [-0.05, 0) is 49.5 Å². The molecule has 1 fully saturated rings. The van der Waals surface area contributed by atoms with E-state index in [9.17, 15) is 9.90 Å². The number of nitrogens with one attached hydrogen (secondary N) is 2. The molecule has 1 heterocycles. The number of anilines is 1. The number of rotatable bonds is 3. The summed E-state index contributed by atoms with van der Waals surface area (Å²) in [7, 11) is 0. The summed E-state index contributed by atoms with van der Waals surface area (Å²) in [4.78, 5) is 10.9. The molecule has 2 rings (SSSR count). The monoisotopic (exact) mass is 248 g/mol. The Bertz CT molecular complexity index is 397. The van der Waals surface area contributed by atoms with Gasteiger partial charge < -0.3 is 15.7 Å². The zero-order valence-electron chi connectivity index (χ0n) is 10.6. The first-order chi connectivity index (χ1) is 8.66. The van der Waals surface area contributed by atoms with Gasteiger partial charge in [0.15, 0.2) is 0 Å². The summed E-state index contributed by atoms with van der Waals surface area (Å²) in [6.45, 7) is 3.44. The van der Waals surface area contributed by atoms with Crippen LogP contribution < -0.4 is 10.6 Å². The summed E-state index contributed by atoms with van der Waals surface area (Å²) < 4.78 is 0. The van der Waals surface area contributed by atoms with Gasteiger partial charge in [-0.1, -0.05) is 12.1 Å². The number of piperidine rings is 1.